The summed E-state index contributed by atoms with van der Waals surface area (Å²) < 4.78 is 22.7. The van der Waals surface area contributed by atoms with Crippen molar-refractivity contribution in [1.29, 1.82) is 0 Å². The van der Waals surface area contributed by atoms with Crippen LogP contribution in [0.2, 0.25) is 0 Å². The highest BCUT2D eigenvalue weighted by Crippen LogP contribution is 2.53. The molecule has 4 nitrogen and oxygen atoms in total. The maximum Gasteiger partial charge on any atom is 0.147 e. The van der Waals surface area contributed by atoms with Crippen molar-refractivity contribution >= 4 is 0 Å². The topological polar surface area (TPSA) is 36.9 Å². The molecule has 94 valence electrons. The van der Waals surface area contributed by atoms with Crippen LogP contribution < -0.4 is 0 Å². The molecule has 2 unspecified atom stereocenters. The minimum absolute atomic E-state index is 0.0477. The standard InChI is InChI=1S/C12H22O4/c1-9-12(11(4,5)16-8-14-9)6-13-7-15-10(12,2)3/h9H,6-8H2,1-5H3. The molecule has 0 aromatic rings. The van der Waals surface area contributed by atoms with Crippen molar-refractivity contribution in [3.63, 3.8) is 0 Å². The first-order valence-corrected chi connectivity index (χ1v) is 5.81. The number of hydrogen-bond donors (Lipinski definition) is 0. The molecule has 4 heteroatoms. The van der Waals surface area contributed by atoms with Gasteiger partial charge < -0.3 is 18.9 Å². The fourth-order valence-corrected chi connectivity index (χ4v) is 3.24. The van der Waals surface area contributed by atoms with Gasteiger partial charge in [0.15, 0.2) is 0 Å². The van der Waals surface area contributed by atoms with Crippen LogP contribution in [0.3, 0.4) is 0 Å². The van der Waals surface area contributed by atoms with Crippen LogP contribution in [0.5, 0.6) is 0 Å². The Labute approximate surface area is 97.2 Å². The van der Waals surface area contributed by atoms with Crippen molar-refractivity contribution in [3.05, 3.63) is 0 Å². The van der Waals surface area contributed by atoms with E-state index in [0.717, 1.165) is 0 Å². The van der Waals surface area contributed by atoms with Crippen LogP contribution in [0.1, 0.15) is 34.6 Å². The van der Waals surface area contributed by atoms with Crippen LogP contribution in [0, 0.1) is 5.41 Å². The predicted octanol–water partition coefficient (Wildman–Crippen LogP) is 1.93. The van der Waals surface area contributed by atoms with E-state index >= 15 is 0 Å². The van der Waals surface area contributed by atoms with Gasteiger partial charge in [0.1, 0.15) is 13.6 Å². The van der Waals surface area contributed by atoms with E-state index in [0.29, 0.717) is 20.2 Å². The van der Waals surface area contributed by atoms with Gasteiger partial charge in [-0.05, 0) is 34.6 Å². The highest BCUT2D eigenvalue weighted by atomic mass is 16.7. The lowest BCUT2D eigenvalue weighted by atomic mass is 9.60. The highest BCUT2D eigenvalue weighted by molar-refractivity contribution is 5.10. The van der Waals surface area contributed by atoms with Gasteiger partial charge in [0.05, 0.1) is 29.3 Å². The molecule has 0 aromatic carbocycles. The Morgan fingerprint density at radius 3 is 2.06 bits per heavy atom. The maximum atomic E-state index is 5.78. The second kappa shape index (κ2) is 3.67. The van der Waals surface area contributed by atoms with E-state index < -0.39 is 0 Å². The SMILES string of the molecule is CC1OCOC(C)(C)C12COCOC2(C)C. The molecule has 2 rings (SSSR count). The normalized spacial score (nSPS) is 42.2. The average molecular weight is 230 g/mol. The fourth-order valence-electron chi connectivity index (χ4n) is 3.24. The van der Waals surface area contributed by atoms with Crippen molar-refractivity contribution in [3.8, 4) is 0 Å². The van der Waals surface area contributed by atoms with Crippen molar-refractivity contribution in [2.75, 3.05) is 20.2 Å². The Balaban J connectivity index is 2.44. The van der Waals surface area contributed by atoms with Gasteiger partial charge >= 0.3 is 0 Å². The van der Waals surface area contributed by atoms with E-state index in [2.05, 4.69) is 34.6 Å². The Kier molecular flexibility index (Phi) is 2.82. The summed E-state index contributed by atoms with van der Waals surface area (Å²) in [6, 6.07) is 0. The van der Waals surface area contributed by atoms with Crippen LogP contribution in [0.25, 0.3) is 0 Å². The zero-order valence-electron chi connectivity index (χ0n) is 10.8. The minimum Gasteiger partial charge on any atom is -0.354 e. The summed E-state index contributed by atoms with van der Waals surface area (Å²) in [6.07, 6.45) is 0.0477. The van der Waals surface area contributed by atoms with Crippen LogP contribution in [0.4, 0.5) is 0 Å². The van der Waals surface area contributed by atoms with Crippen LogP contribution in [-0.2, 0) is 18.9 Å². The summed E-state index contributed by atoms with van der Waals surface area (Å²) >= 11 is 0. The van der Waals surface area contributed by atoms with E-state index in [-0.39, 0.29) is 22.7 Å². The zero-order chi connectivity index (χ0) is 12.0. The summed E-state index contributed by atoms with van der Waals surface area (Å²) in [5.41, 5.74) is -0.931. The van der Waals surface area contributed by atoms with Crippen molar-refractivity contribution < 1.29 is 18.9 Å². The summed E-state index contributed by atoms with van der Waals surface area (Å²) in [6.45, 7) is 11.7. The Morgan fingerprint density at radius 2 is 1.50 bits per heavy atom. The van der Waals surface area contributed by atoms with Gasteiger partial charge in [0.2, 0.25) is 0 Å². The molecule has 2 fully saturated rings. The largest absolute Gasteiger partial charge is 0.354 e. The van der Waals surface area contributed by atoms with Gasteiger partial charge in [0.25, 0.3) is 0 Å². The molecular formula is C12H22O4. The number of rotatable bonds is 0. The third kappa shape index (κ3) is 1.44. The van der Waals surface area contributed by atoms with Gasteiger partial charge in [-0.1, -0.05) is 0 Å². The van der Waals surface area contributed by atoms with Gasteiger partial charge in [-0.2, -0.15) is 0 Å². The third-order valence-electron chi connectivity index (χ3n) is 4.41. The Hall–Kier alpha value is -0.160. The molecule has 0 N–H and O–H groups in total. The van der Waals surface area contributed by atoms with E-state index in [9.17, 15) is 0 Å². The lowest BCUT2D eigenvalue weighted by molar-refractivity contribution is -0.375. The number of hydrogen-bond acceptors (Lipinski definition) is 4. The van der Waals surface area contributed by atoms with E-state index in [4.69, 9.17) is 18.9 Å². The molecule has 2 atom stereocenters. The first-order valence-electron chi connectivity index (χ1n) is 5.81. The predicted molar refractivity (Wildman–Crippen MR) is 59.0 cm³/mol. The molecular weight excluding hydrogens is 208 g/mol. The molecule has 2 aliphatic rings. The first-order chi connectivity index (χ1) is 7.33. The monoisotopic (exact) mass is 230 g/mol. The first kappa shape index (κ1) is 12.3. The van der Waals surface area contributed by atoms with Gasteiger partial charge in [-0.15, -0.1) is 0 Å². The molecule has 0 amide bonds. The highest BCUT2D eigenvalue weighted by Gasteiger charge is 2.63. The third-order valence-corrected chi connectivity index (χ3v) is 4.41. The second-order valence-corrected chi connectivity index (χ2v) is 5.67. The lowest BCUT2D eigenvalue weighted by Crippen LogP contribution is -2.71. The smallest absolute Gasteiger partial charge is 0.147 e. The molecule has 0 radical (unpaired) electrons. The molecule has 2 heterocycles. The molecule has 16 heavy (non-hydrogen) atoms. The summed E-state index contributed by atoms with van der Waals surface area (Å²) in [5.74, 6) is 0. The van der Waals surface area contributed by atoms with Crippen molar-refractivity contribution in [1.82, 2.24) is 0 Å². The summed E-state index contributed by atoms with van der Waals surface area (Å²) in [4.78, 5) is 0. The molecule has 2 saturated heterocycles. The van der Waals surface area contributed by atoms with Gasteiger partial charge in [0, 0.05) is 0 Å². The van der Waals surface area contributed by atoms with Crippen LogP contribution in [0.15, 0.2) is 0 Å². The molecule has 0 bridgehead atoms. The van der Waals surface area contributed by atoms with Crippen molar-refractivity contribution in [2.45, 2.75) is 51.9 Å². The summed E-state index contributed by atoms with van der Waals surface area (Å²) in [7, 11) is 0. The van der Waals surface area contributed by atoms with Gasteiger partial charge in [-0.25, -0.2) is 0 Å². The quantitative estimate of drug-likeness (QED) is 0.637. The van der Waals surface area contributed by atoms with Crippen LogP contribution >= 0.6 is 0 Å². The number of ether oxygens (including phenoxy) is 4. The second-order valence-electron chi connectivity index (χ2n) is 5.67. The van der Waals surface area contributed by atoms with E-state index in [1.165, 1.54) is 0 Å². The van der Waals surface area contributed by atoms with Crippen molar-refractivity contribution in [2.24, 2.45) is 5.41 Å². The molecule has 2 aliphatic heterocycles. The van der Waals surface area contributed by atoms with Crippen LogP contribution in [-0.4, -0.2) is 37.5 Å². The molecule has 0 aliphatic carbocycles. The maximum absolute atomic E-state index is 5.78. The minimum atomic E-state index is -0.325. The fraction of sp³-hybridized carbons (Fsp3) is 1.00. The lowest BCUT2D eigenvalue weighted by Gasteiger charge is -2.61. The van der Waals surface area contributed by atoms with E-state index in [1.807, 2.05) is 0 Å². The zero-order valence-corrected chi connectivity index (χ0v) is 10.8. The molecule has 0 saturated carbocycles. The van der Waals surface area contributed by atoms with E-state index in [1.54, 1.807) is 0 Å². The summed E-state index contributed by atoms with van der Waals surface area (Å²) in [5, 5.41) is 0. The Morgan fingerprint density at radius 1 is 0.938 bits per heavy atom. The van der Waals surface area contributed by atoms with Gasteiger partial charge in [-0.3, -0.25) is 0 Å². The average Bonchev–Trinajstić information content (AvgIpc) is 2.14. The Bertz CT molecular complexity index is 258. The molecule has 1 spiro atoms. The molecule has 0 aromatic heterocycles.